The van der Waals surface area contributed by atoms with Gasteiger partial charge in [-0.05, 0) is 65.0 Å². The van der Waals surface area contributed by atoms with Gasteiger partial charge in [0.15, 0.2) is 6.61 Å². The molecular formula is C20H26N2O4. The molecular weight excluding hydrogens is 332 g/mol. The molecule has 0 aliphatic carbocycles. The molecule has 0 aliphatic heterocycles. The number of amides is 1. The summed E-state index contributed by atoms with van der Waals surface area (Å²) >= 11 is 0. The summed E-state index contributed by atoms with van der Waals surface area (Å²) in [5, 5.41) is 2.69. The summed E-state index contributed by atoms with van der Waals surface area (Å²) in [6.07, 6.45) is 0. The lowest BCUT2D eigenvalue weighted by Gasteiger charge is -2.13. The van der Waals surface area contributed by atoms with Crippen molar-refractivity contribution in [1.82, 2.24) is 4.57 Å². The number of carbonyl (C=O) groups is 2. The Bertz CT molecular complexity index is 776. The van der Waals surface area contributed by atoms with E-state index in [0.717, 1.165) is 17.1 Å². The van der Waals surface area contributed by atoms with Crippen molar-refractivity contribution in [1.29, 1.82) is 0 Å². The molecule has 0 saturated carbocycles. The van der Waals surface area contributed by atoms with Gasteiger partial charge in [0, 0.05) is 23.1 Å². The Morgan fingerprint density at radius 2 is 1.81 bits per heavy atom. The normalized spacial score (nSPS) is 10.7. The van der Waals surface area contributed by atoms with Gasteiger partial charge in [-0.15, -0.1) is 0 Å². The van der Waals surface area contributed by atoms with Crippen LogP contribution in [0.15, 0.2) is 30.3 Å². The van der Waals surface area contributed by atoms with Gasteiger partial charge in [-0.1, -0.05) is 0 Å². The molecule has 0 atom stereocenters. The van der Waals surface area contributed by atoms with Crippen molar-refractivity contribution in [2.24, 2.45) is 0 Å². The zero-order valence-corrected chi connectivity index (χ0v) is 16.0. The standard InChI is InChI=1S/C20H26N2O4/c1-6-25-17-9-7-16(8-10-17)21-19(23)12-26-20(24)18-11-14(4)22(13(2)3)15(18)5/h7-11,13H,6,12H2,1-5H3,(H,21,23). The molecule has 0 bridgehead atoms. The maximum Gasteiger partial charge on any atom is 0.340 e. The number of carbonyl (C=O) groups excluding carboxylic acids is 2. The van der Waals surface area contributed by atoms with Gasteiger partial charge in [0.2, 0.25) is 0 Å². The number of rotatable bonds is 7. The number of hydrogen-bond acceptors (Lipinski definition) is 4. The van der Waals surface area contributed by atoms with E-state index in [1.54, 1.807) is 30.3 Å². The summed E-state index contributed by atoms with van der Waals surface area (Å²) in [5.41, 5.74) is 2.94. The zero-order valence-electron chi connectivity index (χ0n) is 16.0. The summed E-state index contributed by atoms with van der Waals surface area (Å²) in [6, 6.07) is 9.06. The van der Waals surface area contributed by atoms with Crippen LogP contribution in [0.2, 0.25) is 0 Å². The molecule has 0 aliphatic rings. The van der Waals surface area contributed by atoms with Crippen molar-refractivity contribution < 1.29 is 19.1 Å². The summed E-state index contributed by atoms with van der Waals surface area (Å²) in [7, 11) is 0. The topological polar surface area (TPSA) is 69.6 Å². The van der Waals surface area contributed by atoms with Gasteiger partial charge in [-0.2, -0.15) is 0 Å². The van der Waals surface area contributed by atoms with Crippen LogP contribution < -0.4 is 10.1 Å². The van der Waals surface area contributed by atoms with Crippen LogP contribution in [0.25, 0.3) is 0 Å². The predicted molar refractivity (Wildman–Crippen MR) is 101 cm³/mol. The largest absolute Gasteiger partial charge is 0.494 e. The molecule has 0 unspecified atom stereocenters. The Morgan fingerprint density at radius 1 is 1.15 bits per heavy atom. The lowest BCUT2D eigenvalue weighted by Crippen LogP contribution is -2.21. The van der Waals surface area contributed by atoms with Crippen LogP contribution in [-0.2, 0) is 9.53 Å². The summed E-state index contributed by atoms with van der Waals surface area (Å²) in [5.74, 6) is -0.149. The second-order valence-electron chi connectivity index (χ2n) is 6.33. The zero-order chi connectivity index (χ0) is 19.3. The quantitative estimate of drug-likeness (QED) is 0.763. The van der Waals surface area contributed by atoms with Gasteiger partial charge >= 0.3 is 5.97 Å². The number of ether oxygens (including phenoxy) is 2. The van der Waals surface area contributed by atoms with Crippen LogP contribution >= 0.6 is 0 Å². The highest BCUT2D eigenvalue weighted by Crippen LogP contribution is 2.21. The third-order valence-electron chi connectivity index (χ3n) is 4.00. The van der Waals surface area contributed by atoms with Crippen LogP contribution in [0, 0.1) is 13.8 Å². The highest BCUT2D eigenvalue weighted by molar-refractivity contribution is 5.96. The molecule has 0 spiro atoms. The van der Waals surface area contributed by atoms with Crippen molar-refractivity contribution >= 4 is 17.6 Å². The number of anilines is 1. The molecule has 1 heterocycles. The monoisotopic (exact) mass is 358 g/mol. The van der Waals surface area contributed by atoms with Gasteiger partial charge in [0.05, 0.1) is 12.2 Å². The van der Waals surface area contributed by atoms with Crippen molar-refractivity contribution in [2.75, 3.05) is 18.5 Å². The fourth-order valence-electron chi connectivity index (χ4n) is 2.99. The fraction of sp³-hybridized carbons (Fsp3) is 0.400. The number of benzene rings is 1. The molecule has 6 heteroatoms. The minimum absolute atomic E-state index is 0.250. The summed E-state index contributed by atoms with van der Waals surface area (Å²) in [4.78, 5) is 24.3. The van der Waals surface area contributed by atoms with Gasteiger partial charge < -0.3 is 19.4 Å². The van der Waals surface area contributed by atoms with E-state index >= 15 is 0 Å². The number of nitrogens with zero attached hydrogens (tertiary/aromatic N) is 1. The number of nitrogens with one attached hydrogen (secondary N) is 1. The average molecular weight is 358 g/mol. The molecule has 140 valence electrons. The fourth-order valence-corrected chi connectivity index (χ4v) is 2.99. The van der Waals surface area contributed by atoms with Crippen molar-refractivity contribution in [3.8, 4) is 5.75 Å². The van der Waals surface area contributed by atoms with E-state index in [-0.39, 0.29) is 18.6 Å². The minimum atomic E-state index is -0.494. The highest BCUT2D eigenvalue weighted by Gasteiger charge is 2.19. The molecule has 1 aromatic carbocycles. The van der Waals surface area contributed by atoms with Crippen LogP contribution in [0.3, 0.4) is 0 Å². The molecule has 26 heavy (non-hydrogen) atoms. The second kappa shape index (κ2) is 8.56. The van der Waals surface area contributed by atoms with Crippen LogP contribution in [-0.4, -0.2) is 29.7 Å². The van der Waals surface area contributed by atoms with Crippen LogP contribution in [0.5, 0.6) is 5.75 Å². The van der Waals surface area contributed by atoms with Crippen molar-refractivity contribution in [2.45, 2.75) is 40.7 Å². The highest BCUT2D eigenvalue weighted by atomic mass is 16.5. The lowest BCUT2D eigenvalue weighted by atomic mass is 10.2. The maximum absolute atomic E-state index is 12.3. The van der Waals surface area contributed by atoms with Gasteiger partial charge in [-0.3, -0.25) is 4.79 Å². The first-order valence-electron chi connectivity index (χ1n) is 8.71. The third kappa shape index (κ3) is 4.65. The van der Waals surface area contributed by atoms with E-state index in [2.05, 4.69) is 23.7 Å². The first kappa shape index (κ1) is 19.6. The minimum Gasteiger partial charge on any atom is -0.494 e. The van der Waals surface area contributed by atoms with Crippen LogP contribution in [0.1, 0.15) is 48.6 Å². The number of hydrogen-bond donors (Lipinski definition) is 1. The van der Waals surface area contributed by atoms with Gasteiger partial charge in [-0.25, -0.2) is 4.79 Å². The molecule has 1 aromatic heterocycles. The van der Waals surface area contributed by atoms with Crippen LogP contribution in [0.4, 0.5) is 5.69 Å². The van der Waals surface area contributed by atoms with Crippen molar-refractivity contribution in [3.63, 3.8) is 0 Å². The summed E-state index contributed by atoms with van der Waals surface area (Å²) in [6.45, 7) is 10.1. The molecule has 1 N–H and O–H groups in total. The third-order valence-corrected chi connectivity index (χ3v) is 4.00. The number of esters is 1. The molecule has 2 aromatic rings. The van der Waals surface area contributed by atoms with E-state index in [1.807, 2.05) is 20.8 Å². The SMILES string of the molecule is CCOc1ccc(NC(=O)COC(=O)c2cc(C)n(C(C)C)c2C)cc1. The Labute approximate surface area is 154 Å². The average Bonchev–Trinajstić information content (AvgIpc) is 2.89. The number of aryl methyl sites for hydroxylation is 1. The van der Waals surface area contributed by atoms with E-state index in [0.29, 0.717) is 17.9 Å². The van der Waals surface area contributed by atoms with Gasteiger partial charge in [0.25, 0.3) is 5.91 Å². The van der Waals surface area contributed by atoms with E-state index < -0.39 is 5.97 Å². The second-order valence-corrected chi connectivity index (χ2v) is 6.33. The molecule has 0 fully saturated rings. The Morgan fingerprint density at radius 3 is 2.35 bits per heavy atom. The first-order valence-corrected chi connectivity index (χ1v) is 8.71. The predicted octanol–water partition coefficient (Wildman–Crippen LogP) is 3.88. The molecule has 1 amide bonds. The van der Waals surface area contributed by atoms with Gasteiger partial charge in [0.1, 0.15) is 5.75 Å². The molecule has 2 rings (SSSR count). The summed E-state index contributed by atoms with van der Waals surface area (Å²) < 4.78 is 12.6. The molecule has 0 saturated heterocycles. The first-order chi connectivity index (χ1) is 12.3. The molecule has 6 nitrogen and oxygen atoms in total. The van der Waals surface area contributed by atoms with E-state index in [1.165, 1.54) is 0 Å². The van der Waals surface area contributed by atoms with Crippen molar-refractivity contribution in [3.05, 3.63) is 47.3 Å². The Kier molecular flexibility index (Phi) is 6.44. The van der Waals surface area contributed by atoms with E-state index in [4.69, 9.17) is 9.47 Å². The smallest absolute Gasteiger partial charge is 0.340 e. The number of aromatic nitrogens is 1. The Hall–Kier alpha value is -2.76. The lowest BCUT2D eigenvalue weighted by molar-refractivity contribution is -0.119. The maximum atomic E-state index is 12.3. The Balaban J connectivity index is 1.93. The molecule has 0 radical (unpaired) electrons. The van der Waals surface area contributed by atoms with E-state index in [9.17, 15) is 9.59 Å².